The molecule has 1 unspecified atom stereocenters. The number of methoxy groups -OCH3 is 1. The molecule has 0 radical (unpaired) electrons. The second kappa shape index (κ2) is 10.7. The lowest BCUT2D eigenvalue weighted by atomic mass is 10.0. The van der Waals surface area contributed by atoms with E-state index in [0.29, 0.717) is 31.0 Å². The Labute approximate surface area is 181 Å². The van der Waals surface area contributed by atoms with E-state index in [9.17, 15) is 14.9 Å². The normalized spacial score (nSPS) is 15.5. The third-order valence-electron chi connectivity index (χ3n) is 5.27. The third-order valence-corrected chi connectivity index (χ3v) is 5.27. The van der Waals surface area contributed by atoms with Gasteiger partial charge in [0, 0.05) is 31.8 Å². The van der Waals surface area contributed by atoms with Gasteiger partial charge >= 0.3 is 5.97 Å². The van der Waals surface area contributed by atoms with E-state index in [1.54, 1.807) is 12.1 Å². The molecule has 3 rings (SSSR count). The van der Waals surface area contributed by atoms with Crippen molar-refractivity contribution < 1.29 is 19.2 Å². The van der Waals surface area contributed by atoms with Crippen molar-refractivity contribution in [2.75, 3.05) is 45.3 Å². The molecule has 8 heteroatoms. The first kappa shape index (κ1) is 22.5. The van der Waals surface area contributed by atoms with E-state index in [2.05, 4.69) is 39.2 Å². The minimum atomic E-state index is -0.517. The van der Waals surface area contributed by atoms with Gasteiger partial charge in [0.25, 0.3) is 5.69 Å². The van der Waals surface area contributed by atoms with E-state index in [4.69, 9.17) is 4.74 Å². The fourth-order valence-corrected chi connectivity index (χ4v) is 3.53. The van der Waals surface area contributed by atoms with Crippen LogP contribution in [0.5, 0.6) is 0 Å². The number of benzene rings is 2. The van der Waals surface area contributed by atoms with Crippen LogP contribution in [0.4, 0.5) is 11.4 Å². The summed E-state index contributed by atoms with van der Waals surface area (Å²) in [7, 11) is 1.28. The predicted octanol–water partition coefficient (Wildman–Crippen LogP) is 3.57. The summed E-state index contributed by atoms with van der Waals surface area (Å²) in [5.41, 5.74) is 3.28. The number of nitrogens with zero attached hydrogens (tertiary/aromatic N) is 2. The van der Waals surface area contributed by atoms with E-state index in [0.717, 1.165) is 18.7 Å². The number of nitrogens with one attached hydrogen (secondary N) is 1. The van der Waals surface area contributed by atoms with Gasteiger partial charge in [-0.25, -0.2) is 4.79 Å². The average Bonchev–Trinajstić information content (AvgIpc) is 2.79. The second-order valence-electron chi connectivity index (χ2n) is 7.35. The molecule has 8 nitrogen and oxygen atoms in total. The Morgan fingerprint density at radius 3 is 2.61 bits per heavy atom. The summed E-state index contributed by atoms with van der Waals surface area (Å²) in [6.45, 7) is 5.51. The number of hydrogen-bond donors (Lipinski definition) is 1. The summed E-state index contributed by atoms with van der Waals surface area (Å²) in [6.07, 6.45) is 2.73. The molecule has 1 fully saturated rings. The number of morpholine rings is 1. The monoisotopic (exact) mass is 425 g/mol. The molecule has 0 aromatic heterocycles. The molecular formula is C23H27N3O5. The Hall–Kier alpha value is -3.23. The lowest BCUT2D eigenvalue weighted by molar-refractivity contribution is -0.384. The number of nitro groups is 1. The molecule has 31 heavy (non-hydrogen) atoms. The number of esters is 1. The van der Waals surface area contributed by atoms with Gasteiger partial charge in [-0.15, -0.1) is 0 Å². The van der Waals surface area contributed by atoms with Crippen molar-refractivity contribution in [2.45, 2.75) is 13.0 Å². The Morgan fingerprint density at radius 1 is 1.26 bits per heavy atom. The van der Waals surface area contributed by atoms with Crippen LogP contribution in [0, 0.1) is 17.0 Å². The van der Waals surface area contributed by atoms with Crippen LogP contribution in [-0.4, -0.2) is 55.8 Å². The molecule has 164 valence electrons. The fraction of sp³-hybridized carbons (Fsp3) is 0.348. The van der Waals surface area contributed by atoms with Crippen LogP contribution >= 0.6 is 0 Å². The van der Waals surface area contributed by atoms with Gasteiger partial charge in [0.1, 0.15) is 5.69 Å². The van der Waals surface area contributed by atoms with Crippen molar-refractivity contribution in [3.63, 3.8) is 0 Å². The number of ether oxygens (including phenoxy) is 2. The highest BCUT2D eigenvalue weighted by molar-refractivity contribution is 5.87. The third kappa shape index (κ3) is 6.13. The Kier molecular flexibility index (Phi) is 7.75. The van der Waals surface area contributed by atoms with Crippen LogP contribution in [0.25, 0.3) is 6.08 Å². The van der Waals surface area contributed by atoms with Gasteiger partial charge in [0.15, 0.2) is 0 Å². The molecule has 1 aliphatic rings. The van der Waals surface area contributed by atoms with Gasteiger partial charge in [0.2, 0.25) is 0 Å². The number of rotatable bonds is 8. The highest BCUT2D eigenvalue weighted by atomic mass is 16.6. The zero-order valence-electron chi connectivity index (χ0n) is 17.7. The minimum absolute atomic E-state index is 0.0448. The topological polar surface area (TPSA) is 93.9 Å². The zero-order chi connectivity index (χ0) is 22.2. The maximum Gasteiger partial charge on any atom is 0.330 e. The first-order valence-corrected chi connectivity index (χ1v) is 10.1. The summed E-state index contributed by atoms with van der Waals surface area (Å²) < 4.78 is 10.0. The number of anilines is 1. The van der Waals surface area contributed by atoms with Crippen LogP contribution < -0.4 is 5.32 Å². The Morgan fingerprint density at radius 2 is 1.97 bits per heavy atom. The maximum atomic E-state index is 11.6. The number of aryl methyl sites for hydroxylation is 1. The molecule has 2 aromatic rings. The Balaban J connectivity index is 1.81. The van der Waals surface area contributed by atoms with Crippen LogP contribution in [-0.2, 0) is 14.3 Å². The molecule has 1 heterocycles. The van der Waals surface area contributed by atoms with E-state index >= 15 is 0 Å². The first-order chi connectivity index (χ1) is 15.0. The predicted molar refractivity (Wildman–Crippen MR) is 119 cm³/mol. The highest BCUT2D eigenvalue weighted by Crippen LogP contribution is 2.29. The van der Waals surface area contributed by atoms with E-state index in [1.165, 1.54) is 30.9 Å². The molecule has 0 spiro atoms. The van der Waals surface area contributed by atoms with Crippen molar-refractivity contribution in [3.05, 3.63) is 75.3 Å². The van der Waals surface area contributed by atoms with Gasteiger partial charge in [-0.3, -0.25) is 15.0 Å². The number of nitro benzene ring substituents is 1. The van der Waals surface area contributed by atoms with Gasteiger partial charge in [-0.2, -0.15) is 0 Å². The number of hydrogen-bond acceptors (Lipinski definition) is 7. The molecule has 1 N–H and O–H groups in total. The van der Waals surface area contributed by atoms with E-state index in [-0.39, 0.29) is 11.7 Å². The molecule has 1 atom stereocenters. The summed E-state index contributed by atoms with van der Waals surface area (Å²) in [4.78, 5) is 24.8. The highest BCUT2D eigenvalue weighted by Gasteiger charge is 2.24. The van der Waals surface area contributed by atoms with Crippen molar-refractivity contribution in [2.24, 2.45) is 0 Å². The first-order valence-electron chi connectivity index (χ1n) is 10.1. The fourth-order valence-electron chi connectivity index (χ4n) is 3.53. The average molecular weight is 425 g/mol. The summed E-state index contributed by atoms with van der Waals surface area (Å²) >= 11 is 0. The zero-order valence-corrected chi connectivity index (χ0v) is 17.7. The van der Waals surface area contributed by atoms with Crippen molar-refractivity contribution in [1.29, 1.82) is 0 Å². The smallest absolute Gasteiger partial charge is 0.330 e. The van der Waals surface area contributed by atoms with Crippen LogP contribution in [0.1, 0.15) is 22.7 Å². The SMILES string of the molecule is COC(=O)/C=C/c1ccc(NCC(c2ccc(C)cc2)N2CCOCC2)c([N+](=O)[O-])c1. The number of carbonyl (C=O) groups is 1. The molecular weight excluding hydrogens is 398 g/mol. The van der Waals surface area contributed by atoms with Crippen LogP contribution in [0.3, 0.4) is 0 Å². The van der Waals surface area contributed by atoms with Crippen LogP contribution in [0.2, 0.25) is 0 Å². The van der Waals surface area contributed by atoms with E-state index < -0.39 is 10.9 Å². The quantitative estimate of drug-likeness (QED) is 0.299. The van der Waals surface area contributed by atoms with Gasteiger partial charge in [-0.1, -0.05) is 35.9 Å². The summed E-state index contributed by atoms with van der Waals surface area (Å²) in [5.74, 6) is -0.517. The summed E-state index contributed by atoms with van der Waals surface area (Å²) in [5, 5.41) is 14.9. The van der Waals surface area contributed by atoms with E-state index in [1.807, 2.05) is 6.92 Å². The molecule has 0 bridgehead atoms. The lowest BCUT2D eigenvalue weighted by Gasteiger charge is -2.35. The lowest BCUT2D eigenvalue weighted by Crippen LogP contribution is -2.41. The molecule has 0 saturated carbocycles. The second-order valence-corrected chi connectivity index (χ2v) is 7.35. The largest absolute Gasteiger partial charge is 0.466 e. The van der Waals surface area contributed by atoms with Crippen molar-refractivity contribution >= 4 is 23.4 Å². The van der Waals surface area contributed by atoms with Crippen molar-refractivity contribution in [3.8, 4) is 0 Å². The van der Waals surface area contributed by atoms with Crippen molar-refractivity contribution in [1.82, 2.24) is 4.90 Å². The van der Waals surface area contributed by atoms with Gasteiger partial charge in [0.05, 0.1) is 31.3 Å². The molecule has 0 aliphatic carbocycles. The molecule has 1 aliphatic heterocycles. The summed E-state index contributed by atoms with van der Waals surface area (Å²) in [6, 6.07) is 13.3. The maximum absolute atomic E-state index is 11.6. The standard InChI is InChI=1S/C23H27N3O5/c1-17-3-7-19(8-4-17)22(25-11-13-31-14-12-25)16-24-20-9-5-18(6-10-23(27)30-2)15-21(20)26(28)29/h3-10,15,22,24H,11-14,16H2,1-2H3/b10-6+. The molecule has 0 amide bonds. The Bertz CT molecular complexity index is 937. The molecule has 1 saturated heterocycles. The minimum Gasteiger partial charge on any atom is -0.466 e. The number of carbonyl (C=O) groups excluding carboxylic acids is 1. The van der Waals surface area contributed by atoms with Gasteiger partial charge < -0.3 is 14.8 Å². The molecule has 2 aromatic carbocycles. The van der Waals surface area contributed by atoms with Gasteiger partial charge in [-0.05, 0) is 30.2 Å². The van der Waals surface area contributed by atoms with Crippen LogP contribution in [0.15, 0.2) is 48.5 Å².